The maximum absolute atomic E-state index is 5.60. The lowest BCUT2D eigenvalue weighted by atomic mass is 9.74. The molecule has 118 valence electrons. The van der Waals surface area contributed by atoms with Crippen molar-refractivity contribution in [3.8, 4) is 0 Å². The Bertz CT molecular complexity index is 576. The van der Waals surface area contributed by atoms with Crippen molar-refractivity contribution in [3.63, 3.8) is 0 Å². The fourth-order valence-electron chi connectivity index (χ4n) is 3.10. The standard InChI is InChI=1S/C17H22BrN3O/c1-13(16-6-9-20-21-16)19-12-17(7-10-22-11-8-17)14-2-4-15(18)5-3-14/h2-6,9,13,19H,7-8,10-12H2,1H3,(H,20,21). The molecule has 4 nitrogen and oxygen atoms in total. The molecule has 0 amide bonds. The van der Waals surface area contributed by atoms with Crippen molar-refractivity contribution in [2.45, 2.75) is 31.2 Å². The molecular weight excluding hydrogens is 342 g/mol. The number of aromatic nitrogens is 2. The van der Waals surface area contributed by atoms with Gasteiger partial charge in [-0.25, -0.2) is 0 Å². The zero-order valence-corrected chi connectivity index (χ0v) is 14.4. The quantitative estimate of drug-likeness (QED) is 0.853. The molecule has 1 aliphatic heterocycles. The number of nitrogens with zero attached hydrogens (tertiary/aromatic N) is 1. The molecule has 2 heterocycles. The van der Waals surface area contributed by atoms with E-state index in [9.17, 15) is 0 Å². The van der Waals surface area contributed by atoms with E-state index in [4.69, 9.17) is 4.74 Å². The van der Waals surface area contributed by atoms with E-state index < -0.39 is 0 Å². The summed E-state index contributed by atoms with van der Waals surface area (Å²) in [6.45, 7) is 4.77. The topological polar surface area (TPSA) is 49.9 Å². The van der Waals surface area contributed by atoms with Crippen LogP contribution in [0.1, 0.15) is 37.1 Å². The van der Waals surface area contributed by atoms with Gasteiger partial charge in [-0.05, 0) is 43.5 Å². The van der Waals surface area contributed by atoms with Crippen LogP contribution in [-0.2, 0) is 10.2 Å². The van der Waals surface area contributed by atoms with Gasteiger partial charge in [0.05, 0.1) is 5.69 Å². The number of ether oxygens (including phenoxy) is 1. The lowest BCUT2D eigenvalue weighted by molar-refractivity contribution is 0.0490. The first-order valence-electron chi connectivity index (χ1n) is 7.76. The molecule has 2 aromatic rings. The van der Waals surface area contributed by atoms with Crippen molar-refractivity contribution < 1.29 is 4.74 Å². The highest BCUT2D eigenvalue weighted by atomic mass is 79.9. The molecule has 1 fully saturated rings. The summed E-state index contributed by atoms with van der Waals surface area (Å²) in [5.41, 5.74) is 2.66. The molecular formula is C17H22BrN3O. The van der Waals surface area contributed by atoms with Gasteiger partial charge in [-0.1, -0.05) is 28.1 Å². The molecule has 0 aliphatic carbocycles. The largest absolute Gasteiger partial charge is 0.381 e. The average molecular weight is 364 g/mol. The van der Waals surface area contributed by atoms with E-state index in [1.807, 2.05) is 6.07 Å². The van der Waals surface area contributed by atoms with Gasteiger partial charge in [0.1, 0.15) is 0 Å². The minimum Gasteiger partial charge on any atom is -0.381 e. The summed E-state index contributed by atoms with van der Waals surface area (Å²) in [5, 5.41) is 10.7. The molecule has 0 saturated carbocycles. The van der Waals surface area contributed by atoms with Crippen LogP contribution < -0.4 is 5.32 Å². The molecule has 0 radical (unpaired) electrons. The smallest absolute Gasteiger partial charge is 0.0518 e. The van der Waals surface area contributed by atoms with Gasteiger partial charge in [0.25, 0.3) is 0 Å². The Morgan fingerprint density at radius 3 is 2.64 bits per heavy atom. The van der Waals surface area contributed by atoms with Crippen LogP contribution in [0, 0.1) is 0 Å². The van der Waals surface area contributed by atoms with Gasteiger partial charge in [0.2, 0.25) is 0 Å². The van der Waals surface area contributed by atoms with Gasteiger partial charge >= 0.3 is 0 Å². The Balaban J connectivity index is 1.76. The maximum Gasteiger partial charge on any atom is 0.0518 e. The Hall–Kier alpha value is -1.17. The Morgan fingerprint density at radius 2 is 2.00 bits per heavy atom. The number of benzene rings is 1. The second-order valence-electron chi connectivity index (χ2n) is 6.01. The fraction of sp³-hybridized carbons (Fsp3) is 0.471. The molecule has 1 atom stereocenters. The van der Waals surface area contributed by atoms with Crippen molar-refractivity contribution in [3.05, 3.63) is 52.3 Å². The van der Waals surface area contributed by atoms with E-state index in [1.165, 1.54) is 5.56 Å². The maximum atomic E-state index is 5.60. The molecule has 22 heavy (non-hydrogen) atoms. The predicted molar refractivity (Wildman–Crippen MR) is 90.9 cm³/mol. The molecule has 1 aromatic heterocycles. The summed E-state index contributed by atoms with van der Waals surface area (Å²) in [5.74, 6) is 0. The van der Waals surface area contributed by atoms with Crippen molar-refractivity contribution >= 4 is 15.9 Å². The number of hydrogen-bond acceptors (Lipinski definition) is 3. The summed E-state index contributed by atoms with van der Waals surface area (Å²) in [6, 6.07) is 11.0. The molecule has 1 saturated heterocycles. The molecule has 1 aromatic carbocycles. The van der Waals surface area contributed by atoms with E-state index in [0.29, 0.717) is 0 Å². The summed E-state index contributed by atoms with van der Waals surface area (Å²) in [6.07, 6.45) is 3.90. The van der Waals surface area contributed by atoms with E-state index in [0.717, 1.165) is 42.8 Å². The van der Waals surface area contributed by atoms with Gasteiger partial charge in [-0.3, -0.25) is 5.10 Å². The lowest BCUT2D eigenvalue weighted by Crippen LogP contribution is -2.43. The zero-order valence-electron chi connectivity index (χ0n) is 12.8. The monoisotopic (exact) mass is 363 g/mol. The Labute approximate surface area is 139 Å². The highest BCUT2D eigenvalue weighted by Gasteiger charge is 2.34. The van der Waals surface area contributed by atoms with Crippen LogP contribution in [0.15, 0.2) is 41.0 Å². The van der Waals surface area contributed by atoms with Crippen LogP contribution >= 0.6 is 15.9 Å². The molecule has 5 heteroatoms. The van der Waals surface area contributed by atoms with Crippen LogP contribution in [0.3, 0.4) is 0 Å². The van der Waals surface area contributed by atoms with E-state index in [-0.39, 0.29) is 11.5 Å². The van der Waals surface area contributed by atoms with Gasteiger partial charge in [-0.15, -0.1) is 0 Å². The van der Waals surface area contributed by atoms with Crippen LogP contribution in [0.2, 0.25) is 0 Å². The van der Waals surface area contributed by atoms with Crippen molar-refractivity contribution in [2.75, 3.05) is 19.8 Å². The van der Waals surface area contributed by atoms with E-state index >= 15 is 0 Å². The minimum atomic E-state index is 0.146. The number of H-pyrrole nitrogens is 1. The van der Waals surface area contributed by atoms with Crippen molar-refractivity contribution in [1.29, 1.82) is 0 Å². The van der Waals surface area contributed by atoms with E-state index in [2.05, 4.69) is 62.6 Å². The van der Waals surface area contributed by atoms with Crippen molar-refractivity contribution in [1.82, 2.24) is 15.5 Å². The van der Waals surface area contributed by atoms with Crippen LogP contribution in [0.5, 0.6) is 0 Å². The molecule has 0 bridgehead atoms. The third kappa shape index (κ3) is 3.42. The predicted octanol–water partition coefficient (Wildman–Crippen LogP) is 3.57. The third-order valence-electron chi connectivity index (χ3n) is 4.64. The normalized spacial score (nSPS) is 19.0. The SMILES string of the molecule is CC(NCC1(c2ccc(Br)cc2)CCOCC1)c1ccn[nH]1. The van der Waals surface area contributed by atoms with E-state index in [1.54, 1.807) is 6.20 Å². The molecule has 2 N–H and O–H groups in total. The van der Waals surface area contributed by atoms with Crippen molar-refractivity contribution in [2.24, 2.45) is 0 Å². The molecule has 3 rings (SSSR count). The summed E-state index contributed by atoms with van der Waals surface area (Å²) < 4.78 is 6.72. The highest BCUT2D eigenvalue weighted by Crippen LogP contribution is 2.35. The number of aromatic amines is 1. The van der Waals surface area contributed by atoms with Gasteiger partial charge in [-0.2, -0.15) is 5.10 Å². The number of halogens is 1. The van der Waals surface area contributed by atoms with Crippen LogP contribution in [0.25, 0.3) is 0 Å². The van der Waals surface area contributed by atoms with Gasteiger partial charge < -0.3 is 10.1 Å². The molecule has 1 unspecified atom stereocenters. The number of hydrogen-bond donors (Lipinski definition) is 2. The summed E-state index contributed by atoms with van der Waals surface area (Å²) in [4.78, 5) is 0. The average Bonchev–Trinajstić information content (AvgIpc) is 3.09. The zero-order chi connectivity index (χ0) is 15.4. The Kier molecular flexibility index (Phi) is 4.96. The first-order valence-corrected chi connectivity index (χ1v) is 8.55. The highest BCUT2D eigenvalue weighted by molar-refractivity contribution is 9.10. The second kappa shape index (κ2) is 6.94. The second-order valence-corrected chi connectivity index (χ2v) is 6.93. The van der Waals surface area contributed by atoms with Gasteiger partial charge in [0.15, 0.2) is 0 Å². The lowest BCUT2D eigenvalue weighted by Gasteiger charge is -2.39. The minimum absolute atomic E-state index is 0.146. The summed E-state index contributed by atoms with van der Waals surface area (Å²) in [7, 11) is 0. The number of nitrogens with one attached hydrogen (secondary N) is 2. The first kappa shape index (κ1) is 15.7. The number of rotatable bonds is 5. The van der Waals surface area contributed by atoms with Crippen LogP contribution in [0.4, 0.5) is 0 Å². The fourth-order valence-corrected chi connectivity index (χ4v) is 3.36. The Morgan fingerprint density at radius 1 is 1.27 bits per heavy atom. The third-order valence-corrected chi connectivity index (χ3v) is 5.17. The van der Waals surface area contributed by atoms with Crippen LogP contribution in [-0.4, -0.2) is 30.0 Å². The first-order chi connectivity index (χ1) is 10.7. The van der Waals surface area contributed by atoms with Gasteiger partial charge in [0, 0.05) is 41.9 Å². The molecule has 1 aliphatic rings. The summed E-state index contributed by atoms with van der Waals surface area (Å²) >= 11 is 3.52. The molecule has 0 spiro atoms.